The molecule has 1 fully saturated rings. The molecule has 0 bridgehead atoms. The van der Waals surface area contributed by atoms with Gasteiger partial charge in [-0.15, -0.1) is 0 Å². The molecule has 92 valence electrons. The van der Waals surface area contributed by atoms with Crippen molar-refractivity contribution in [1.29, 1.82) is 0 Å². The van der Waals surface area contributed by atoms with Crippen LogP contribution in [-0.4, -0.2) is 23.7 Å². The molecule has 0 heterocycles. The first-order valence-electron chi connectivity index (χ1n) is 5.47. The Morgan fingerprint density at radius 2 is 2.24 bits per heavy atom. The Labute approximate surface area is 113 Å². The third kappa shape index (κ3) is 3.21. The van der Waals surface area contributed by atoms with Gasteiger partial charge < -0.3 is 10.4 Å². The van der Waals surface area contributed by atoms with E-state index in [1.165, 1.54) is 0 Å². The lowest BCUT2D eigenvalue weighted by atomic mass is 9.82. The van der Waals surface area contributed by atoms with Crippen LogP contribution in [0.15, 0.2) is 22.7 Å². The van der Waals surface area contributed by atoms with Crippen LogP contribution < -0.4 is 5.32 Å². The van der Waals surface area contributed by atoms with E-state index in [9.17, 15) is 4.79 Å². The van der Waals surface area contributed by atoms with Crippen LogP contribution in [0, 0.1) is 5.92 Å². The van der Waals surface area contributed by atoms with Crippen LogP contribution in [0.3, 0.4) is 0 Å². The summed E-state index contributed by atoms with van der Waals surface area (Å²) < 4.78 is 0.825. The summed E-state index contributed by atoms with van der Waals surface area (Å²) in [4.78, 5) is 11.9. The Hall–Kier alpha value is -0.580. The van der Waals surface area contributed by atoms with Crippen LogP contribution in [0.2, 0.25) is 5.02 Å². The molecule has 2 N–H and O–H groups in total. The highest BCUT2D eigenvalue weighted by molar-refractivity contribution is 9.10. The molecule has 0 aromatic heterocycles. The summed E-state index contributed by atoms with van der Waals surface area (Å²) in [6.07, 6.45) is 1.35. The van der Waals surface area contributed by atoms with E-state index in [0.717, 1.165) is 17.3 Å². The summed E-state index contributed by atoms with van der Waals surface area (Å²) in [6, 6.07) is 5.18. The number of aliphatic hydroxyl groups is 1. The average molecular weight is 319 g/mol. The Morgan fingerprint density at radius 3 is 2.88 bits per heavy atom. The second-order valence-electron chi connectivity index (χ2n) is 4.33. The lowest BCUT2D eigenvalue weighted by Crippen LogP contribution is -2.38. The molecule has 1 aliphatic carbocycles. The maximum absolute atomic E-state index is 11.9. The molecule has 2 rings (SSSR count). The van der Waals surface area contributed by atoms with E-state index in [0.29, 0.717) is 23.0 Å². The summed E-state index contributed by atoms with van der Waals surface area (Å²) in [5, 5.41) is 12.4. The lowest BCUT2D eigenvalue weighted by Gasteiger charge is -2.31. The van der Waals surface area contributed by atoms with Crippen molar-refractivity contribution in [3.8, 4) is 0 Å². The van der Waals surface area contributed by atoms with E-state index in [-0.39, 0.29) is 12.0 Å². The number of aliphatic hydroxyl groups excluding tert-OH is 1. The second-order valence-corrected chi connectivity index (χ2v) is 5.65. The Bertz CT molecular complexity index is 433. The molecular weight excluding hydrogens is 305 g/mol. The largest absolute Gasteiger partial charge is 0.393 e. The smallest absolute Gasteiger partial charge is 0.252 e. The fourth-order valence-corrected chi connectivity index (χ4v) is 2.44. The lowest BCUT2D eigenvalue weighted by molar-refractivity contribution is 0.0420. The first-order valence-corrected chi connectivity index (χ1v) is 6.64. The van der Waals surface area contributed by atoms with Crippen LogP contribution >= 0.6 is 27.5 Å². The summed E-state index contributed by atoms with van der Waals surface area (Å²) in [5.74, 6) is 0.220. The molecule has 1 aromatic rings. The highest BCUT2D eigenvalue weighted by Gasteiger charge is 2.27. The monoisotopic (exact) mass is 317 g/mol. The third-order valence-electron chi connectivity index (χ3n) is 2.94. The Balaban J connectivity index is 1.92. The van der Waals surface area contributed by atoms with Crippen molar-refractivity contribution in [1.82, 2.24) is 5.32 Å². The topological polar surface area (TPSA) is 49.3 Å². The van der Waals surface area contributed by atoms with Gasteiger partial charge >= 0.3 is 0 Å². The van der Waals surface area contributed by atoms with Gasteiger partial charge in [0.2, 0.25) is 0 Å². The highest BCUT2D eigenvalue weighted by Crippen LogP contribution is 2.26. The molecule has 1 amide bonds. The molecule has 3 nitrogen and oxygen atoms in total. The number of hydrogen-bond acceptors (Lipinski definition) is 2. The average Bonchev–Trinajstić information content (AvgIpc) is 2.26. The predicted octanol–water partition coefficient (Wildman–Crippen LogP) is 2.60. The van der Waals surface area contributed by atoms with Crippen LogP contribution in [0.5, 0.6) is 0 Å². The van der Waals surface area contributed by atoms with Gasteiger partial charge in [0, 0.05) is 11.0 Å². The van der Waals surface area contributed by atoms with Gasteiger partial charge in [-0.2, -0.15) is 0 Å². The highest BCUT2D eigenvalue weighted by atomic mass is 79.9. The minimum absolute atomic E-state index is 0.169. The minimum atomic E-state index is -0.189. The molecule has 0 unspecified atom stereocenters. The van der Waals surface area contributed by atoms with E-state index in [2.05, 4.69) is 21.2 Å². The minimum Gasteiger partial charge on any atom is -0.393 e. The van der Waals surface area contributed by atoms with Gasteiger partial charge in [-0.25, -0.2) is 0 Å². The van der Waals surface area contributed by atoms with Crippen molar-refractivity contribution in [3.63, 3.8) is 0 Å². The van der Waals surface area contributed by atoms with Crippen molar-refractivity contribution >= 4 is 33.4 Å². The number of carbonyl (C=O) groups excluding carboxylic acids is 1. The number of rotatable bonds is 3. The normalized spacial score (nSPS) is 23.0. The zero-order valence-corrected chi connectivity index (χ0v) is 11.5. The summed E-state index contributed by atoms with van der Waals surface area (Å²) in [6.45, 7) is 0.596. The number of amides is 1. The predicted molar refractivity (Wildman–Crippen MR) is 70.2 cm³/mol. The molecule has 1 aliphatic rings. The van der Waals surface area contributed by atoms with E-state index >= 15 is 0 Å². The van der Waals surface area contributed by atoms with E-state index in [1.807, 2.05) is 0 Å². The third-order valence-corrected chi connectivity index (χ3v) is 3.76. The SMILES string of the molecule is O=C(NCC1CC(O)C1)c1cc(Br)ccc1Cl. The van der Waals surface area contributed by atoms with Gasteiger partial charge in [0.15, 0.2) is 0 Å². The van der Waals surface area contributed by atoms with E-state index in [1.54, 1.807) is 18.2 Å². The molecule has 1 saturated carbocycles. The number of benzene rings is 1. The number of nitrogens with one attached hydrogen (secondary N) is 1. The second kappa shape index (κ2) is 5.38. The van der Waals surface area contributed by atoms with Crippen molar-refractivity contribution in [2.75, 3.05) is 6.54 Å². The Kier molecular flexibility index (Phi) is 4.07. The first kappa shape index (κ1) is 12.9. The van der Waals surface area contributed by atoms with Crippen molar-refractivity contribution < 1.29 is 9.90 Å². The molecule has 0 saturated heterocycles. The van der Waals surface area contributed by atoms with Gasteiger partial charge in [0.25, 0.3) is 5.91 Å². The van der Waals surface area contributed by atoms with Gasteiger partial charge in [0.1, 0.15) is 0 Å². The van der Waals surface area contributed by atoms with Crippen LogP contribution in [-0.2, 0) is 0 Å². The molecule has 1 aromatic carbocycles. The fourth-order valence-electron chi connectivity index (χ4n) is 1.87. The van der Waals surface area contributed by atoms with Crippen molar-refractivity contribution in [2.45, 2.75) is 18.9 Å². The zero-order valence-electron chi connectivity index (χ0n) is 9.12. The molecular formula is C12H13BrClNO2. The number of halogens is 2. The zero-order chi connectivity index (χ0) is 12.4. The van der Waals surface area contributed by atoms with Crippen molar-refractivity contribution in [3.05, 3.63) is 33.3 Å². The van der Waals surface area contributed by atoms with Gasteiger partial charge in [0.05, 0.1) is 16.7 Å². The van der Waals surface area contributed by atoms with E-state index in [4.69, 9.17) is 16.7 Å². The van der Waals surface area contributed by atoms with Crippen LogP contribution in [0.1, 0.15) is 23.2 Å². The number of carbonyl (C=O) groups is 1. The Morgan fingerprint density at radius 1 is 1.53 bits per heavy atom. The summed E-state index contributed by atoms with van der Waals surface area (Å²) in [7, 11) is 0. The van der Waals surface area contributed by atoms with Crippen LogP contribution in [0.25, 0.3) is 0 Å². The molecule has 0 atom stereocenters. The van der Waals surface area contributed by atoms with Gasteiger partial charge in [-0.05, 0) is 37.0 Å². The summed E-state index contributed by atoms with van der Waals surface area (Å²) >= 11 is 9.26. The molecule has 0 radical (unpaired) electrons. The van der Waals surface area contributed by atoms with Crippen LogP contribution in [0.4, 0.5) is 0 Å². The maximum Gasteiger partial charge on any atom is 0.252 e. The van der Waals surface area contributed by atoms with Gasteiger partial charge in [-0.1, -0.05) is 27.5 Å². The summed E-state index contributed by atoms with van der Waals surface area (Å²) in [5.41, 5.74) is 0.473. The molecule has 0 aliphatic heterocycles. The molecule has 17 heavy (non-hydrogen) atoms. The fraction of sp³-hybridized carbons (Fsp3) is 0.417. The number of hydrogen-bond donors (Lipinski definition) is 2. The maximum atomic E-state index is 11.9. The van der Waals surface area contributed by atoms with Crippen molar-refractivity contribution in [2.24, 2.45) is 5.92 Å². The van der Waals surface area contributed by atoms with Gasteiger partial charge in [-0.3, -0.25) is 4.79 Å². The quantitative estimate of drug-likeness (QED) is 0.900. The van der Waals surface area contributed by atoms with E-state index < -0.39 is 0 Å². The molecule has 5 heteroatoms. The first-order chi connectivity index (χ1) is 8.06. The standard InChI is InChI=1S/C12H13BrClNO2/c13-8-1-2-11(14)10(5-8)12(17)15-6-7-3-9(16)4-7/h1-2,5,7,9,16H,3-4,6H2,(H,15,17). The molecule has 0 spiro atoms.